The highest BCUT2D eigenvalue weighted by Gasteiger charge is 2.32. The molecule has 3 rings (SSSR count). The van der Waals surface area contributed by atoms with E-state index in [9.17, 15) is 31.5 Å². The summed E-state index contributed by atoms with van der Waals surface area (Å²) >= 11 is 0. The number of aromatic nitrogens is 1. The Morgan fingerprint density at radius 2 is 1.66 bits per heavy atom. The van der Waals surface area contributed by atoms with E-state index >= 15 is 0 Å². The fourth-order valence-electron chi connectivity index (χ4n) is 2.86. The van der Waals surface area contributed by atoms with Crippen molar-refractivity contribution in [1.82, 2.24) is 9.71 Å². The van der Waals surface area contributed by atoms with Gasteiger partial charge in [-0.2, -0.15) is 13.2 Å². The number of fused-ring (bicyclic) bond motifs is 1. The van der Waals surface area contributed by atoms with Gasteiger partial charge in [-0.1, -0.05) is 48.5 Å². The van der Waals surface area contributed by atoms with Gasteiger partial charge in [0.05, 0.1) is 23.2 Å². The number of rotatable bonds is 6. The van der Waals surface area contributed by atoms with E-state index in [4.69, 9.17) is 0 Å². The third kappa shape index (κ3) is 4.54. The van der Waals surface area contributed by atoms with Crippen molar-refractivity contribution >= 4 is 26.9 Å². The largest absolute Gasteiger partial charge is 0.478 e. The summed E-state index contributed by atoms with van der Waals surface area (Å²) in [5.41, 5.74) is -0.134. The van der Waals surface area contributed by atoms with Gasteiger partial charge in [-0.15, -0.1) is 0 Å². The minimum absolute atomic E-state index is 0.0656. The van der Waals surface area contributed by atoms with Crippen molar-refractivity contribution in [2.24, 2.45) is 0 Å². The molecule has 0 fully saturated rings. The van der Waals surface area contributed by atoms with Gasteiger partial charge in [-0.25, -0.2) is 22.9 Å². The highest BCUT2D eigenvalue weighted by atomic mass is 32.2. The normalized spacial score (nSPS) is 12.2. The van der Waals surface area contributed by atoms with E-state index in [1.54, 1.807) is 24.3 Å². The Bertz CT molecular complexity index is 1160. The molecule has 3 aromatic rings. The lowest BCUT2D eigenvalue weighted by atomic mass is 10.0. The lowest BCUT2D eigenvalue weighted by Gasteiger charge is -2.16. The third-order valence-electron chi connectivity index (χ3n) is 4.08. The molecule has 0 bridgehead atoms. The number of alkyl halides is 3. The van der Waals surface area contributed by atoms with E-state index in [-0.39, 0.29) is 16.6 Å². The first-order valence-electron chi connectivity index (χ1n) is 8.38. The number of sulfonamides is 1. The Hall–Kier alpha value is -2.98. The van der Waals surface area contributed by atoms with Gasteiger partial charge < -0.3 is 5.11 Å². The van der Waals surface area contributed by atoms with Crippen LogP contribution in [0.1, 0.15) is 16.8 Å². The fourth-order valence-corrected chi connectivity index (χ4v) is 4.26. The molecule has 152 valence electrons. The Morgan fingerprint density at radius 3 is 2.28 bits per heavy atom. The summed E-state index contributed by atoms with van der Waals surface area (Å²) in [5.74, 6) is -1.53. The van der Waals surface area contributed by atoms with Crippen molar-refractivity contribution in [2.75, 3.05) is 6.54 Å². The molecule has 0 aliphatic rings. The van der Waals surface area contributed by atoms with E-state index in [2.05, 4.69) is 4.98 Å². The van der Waals surface area contributed by atoms with Gasteiger partial charge in [0.1, 0.15) is 4.90 Å². The monoisotopic (exact) mass is 424 g/mol. The zero-order chi connectivity index (χ0) is 21.2. The van der Waals surface area contributed by atoms with E-state index in [0.717, 1.165) is 0 Å². The summed E-state index contributed by atoms with van der Waals surface area (Å²) in [6.45, 7) is -0.925. The van der Waals surface area contributed by atoms with Crippen LogP contribution in [0.15, 0.2) is 59.5 Å². The molecule has 0 spiro atoms. The summed E-state index contributed by atoms with van der Waals surface area (Å²) in [6, 6.07) is 14.0. The van der Waals surface area contributed by atoms with Crippen molar-refractivity contribution in [1.29, 1.82) is 0 Å². The van der Waals surface area contributed by atoms with Crippen LogP contribution in [0.25, 0.3) is 22.2 Å². The van der Waals surface area contributed by atoms with Gasteiger partial charge >= 0.3 is 12.1 Å². The Morgan fingerprint density at radius 1 is 1.03 bits per heavy atom. The topological polar surface area (TPSA) is 96.4 Å². The number of carboxylic acids is 1. The van der Waals surface area contributed by atoms with Gasteiger partial charge in [0, 0.05) is 17.5 Å². The lowest BCUT2D eigenvalue weighted by Crippen LogP contribution is -2.30. The predicted octanol–water partition coefficient (Wildman–Crippen LogP) is 3.83. The first-order valence-corrected chi connectivity index (χ1v) is 9.86. The summed E-state index contributed by atoms with van der Waals surface area (Å²) < 4.78 is 65.0. The summed E-state index contributed by atoms with van der Waals surface area (Å²) in [7, 11) is -4.62. The highest BCUT2D eigenvalue weighted by molar-refractivity contribution is 7.89. The molecular formula is C19H15F3N2O4S. The second-order valence-corrected chi connectivity index (χ2v) is 7.82. The minimum Gasteiger partial charge on any atom is -0.478 e. The summed E-state index contributed by atoms with van der Waals surface area (Å²) in [5, 5.41) is 9.82. The molecule has 0 amide bonds. The summed E-state index contributed by atoms with van der Waals surface area (Å²) in [4.78, 5) is 15.6. The van der Waals surface area contributed by atoms with Gasteiger partial charge in [0.15, 0.2) is 0 Å². The van der Waals surface area contributed by atoms with Crippen LogP contribution in [0.3, 0.4) is 0 Å². The van der Waals surface area contributed by atoms with E-state index < -0.39 is 45.6 Å². The van der Waals surface area contributed by atoms with Crippen molar-refractivity contribution in [3.05, 3.63) is 60.2 Å². The lowest BCUT2D eigenvalue weighted by molar-refractivity contribution is -0.132. The SMILES string of the molecule is O=C(O)c1c(S(=O)(=O)NCCC(F)(F)F)c(-c2ccccc2)nc2ccccc12. The number of pyridine rings is 1. The quantitative estimate of drug-likeness (QED) is 0.627. The van der Waals surface area contributed by atoms with Crippen molar-refractivity contribution in [3.63, 3.8) is 0 Å². The van der Waals surface area contributed by atoms with Crippen LogP contribution >= 0.6 is 0 Å². The molecule has 29 heavy (non-hydrogen) atoms. The molecule has 0 saturated carbocycles. The molecule has 0 radical (unpaired) electrons. The molecule has 0 aliphatic heterocycles. The maximum absolute atomic E-state index is 12.9. The van der Waals surface area contributed by atoms with Gasteiger partial charge in [0.25, 0.3) is 0 Å². The molecule has 0 atom stereocenters. The maximum Gasteiger partial charge on any atom is 0.390 e. The average molecular weight is 424 g/mol. The van der Waals surface area contributed by atoms with Crippen molar-refractivity contribution < 1.29 is 31.5 Å². The van der Waals surface area contributed by atoms with Crippen LogP contribution < -0.4 is 4.72 Å². The average Bonchev–Trinajstić information content (AvgIpc) is 2.65. The Balaban J connectivity index is 2.28. The number of carbonyl (C=O) groups is 1. The molecule has 6 nitrogen and oxygen atoms in total. The molecule has 0 unspecified atom stereocenters. The first kappa shape index (κ1) is 20.7. The Kier molecular flexibility index (Phi) is 5.58. The minimum atomic E-state index is -4.62. The van der Waals surface area contributed by atoms with E-state index in [1.807, 2.05) is 4.72 Å². The van der Waals surface area contributed by atoms with Crippen LogP contribution in [0.4, 0.5) is 13.2 Å². The highest BCUT2D eigenvalue weighted by Crippen LogP contribution is 2.33. The number of benzene rings is 2. The van der Waals surface area contributed by atoms with Gasteiger partial charge in [-0.05, 0) is 6.07 Å². The summed E-state index contributed by atoms with van der Waals surface area (Å²) in [6.07, 6.45) is -5.96. The number of nitrogens with zero attached hydrogens (tertiary/aromatic N) is 1. The first-order chi connectivity index (χ1) is 13.6. The molecule has 10 heteroatoms. The van der Waals surface area contributed by atoms with Gasteiger partial charge in [-0.3, -0.25) is 0 Å². The second-order valence-electron chi connectivity index (χ2n) is 6.12. The van der Waals surface area contributed by atoms with Crippen molar-refractivity contribution in [3.8, 4) is 11.3 Å². The smallest absolute Gasteiger partial charge is 0.390 e. The number of para-hydroxylation sites is 1. The number of nitrogens with one attached hydrogen (secondary N) is 1. The molecule has 2 aromatic carbocycles. The zero-order valence-electron chi connectivity index (χ0n) is 14.8. The number of hydrogen-bond donors (Lipinski definition) is 2. The van der Waals surface area contributed by atoms with E-state index in [1.165, 1.54) is 30.3 Å². The third-order valence-corrected chi connectivity index (χ3v) is 5.60. The van der Waals surface area contributed by atoms with Crippen LogP contribution in [0, 0.1) is 0 Å². The standard InChI is InChI=1S/C19H15F3N2O4S/c20-19(21,22)10-11-23-29(27,28)17-15(18(25)26)13-8-4-5-9-14(13)24-16(17)12-6-2-1-3-7-12/h1-9,23H,10-11H2,(H,25,26). The molecule has 1 aromatic heterocycles. The fraction of sp³-hybridized carbons (Fsp3) is 0.158. The molecule has 2 N–H and O–H groups in total. The van der Waals surface area contributed by atoms with Crippen LogP contribution in [0.2, 0.25) is 0 Å². The Labute approximate surface area is 164 Å². The maximum atomic E-state index is 12.9. The van der Waals surface area contributed by atoms with Gasteiger partial charge in [0.2, 0.25) is 10.0 Å². The molecule has 0 saturated heterocycles. The number of halogens is 3. The number of hydrogen-bond acceptors (Lipinski definition) is 4. The number of carboxylic acid groups (broad SMARTS) is 1. The molecule has 0 aliphatic carbocycles. The van der Waals surface area contributed by atoms with Crippen LogP contribution in [0.5, 0.6) is 0 Å². The molecular weight excluding hydrogens is 409 g/mol. The predicted molar refractivity (Wildman–Crippen MR) is 100.0 cm³/mol. The van der Waals surface area contributed by atoms with Crippen LogP contribution in [-0.2, 0) is 10.0 Å². The van der Waals surface area contributed by atoms with Crippen LogP contribution in [-0.4, -0.2) is 37.2 Å². The second kappa shape index (κ2) is 7.80. The van der Waals surface area contributed by atoms with E-state index in [0.29, 0.717) is 5.56 Å². The zero-order valence-corrected chi connectivity index (χ0v) is 15.6. The number of aromatic carboxylic acids is 1. The van der Waals surface area contributed by atoms with Crippen molar-refractivity contribution in [2.45, 2.75) is 17.5 Å². The molecule has 1 heterocycles.